The lowest BCUT2D eigenvalue weighted by Crippen LogP contribution is -2.24. The van der Waals surface area contributed by atoms with E-state index in [1.807, 2.05) is 24.3 Å². The Kier molecular flexibility index (Phi) is 4.18. The Hall–Kier alpha value is -0.100. The van der Waals surface area contributed by atoms with Crippen molar-refractivity contribution in [2.45, 2.75) is 11.2 Å². The van der Waals surface area contributed by atoms with Gasteiger partial charge in [0, 0.05) is 3.57 Å². The first kappa shape index (κ1) is 11.0. The molecule has 0 aliphatic heterocycles. The largest absolute Gasteiger partial charge is 0.369 e. The van der Waals surface area contributed by atoms with Gasteiger partial charge >= 0.3 is 0 Å². The van der Waals surface area contributed by atoms with Crippen molar-refractivity contribution in [3.63, 3.8) is 0 Å². The van der Waals surface area contributed by atoms with E-state index in [1.165, 1.54) is 3.57 Å². The molecule has 0 aromatic heterocycles. The SMILES string of the molecule is NC(=O)C(Br)Cc1ccc(I)cc1. The molecule has 0 spiro atoms. The molecule has 0 saturated carbocycles. The van der Waals surface area contributed by atoms with Crippen molar-refractivity contribution in [3.05, 3.63) is 33.4 Å². The predicted molar refractivity (Wildman–Crippen MR) is 64.8 cm³/mol. The number of amides is 1. The van der Waals surface area contributed by atoms with Crippen LogP contribution in [0.25, 0.3) is 0 Å². The second-order valence-electron chi connectivity index (χ2n) is 2.70. The number of carbonyl (C=O) groups excluding carboxylic acids is 1. The van der Waals surface area contributed by atoms with E-state index < -0.39 is 0 Å². The molecule has 1 aromatic carbocycles. The Morgan fingerprint density at radius 1 is 1.46 bits per heavy atom. The van der Waals surface area contributed by atoms with Crippen molar-refractivity contribution in [1.82, 2.24) is 0 Å². The summed E-state index contributed by atoms with van der Waals surface area (Å²) in [6.07, 6.45) is 0.645. The monoisotopic (exact) mass is 353 g/mol. The first-order valence-electron chi connectivity index (χ1n) is 3.77. The van der Waals surface area contributed by atoms with Crippen molar-refractivity contribution < 1.29 is 4.79 Å². The normalized spacial score (nSPS) is 12.5. The average molecular weight is 354 g/mol. The smallest absolute Gasteiger partial charge is 0.231 e. The van der Waals surface area contributed by atoms with Crippen molar-refractivity contribution >= 4 is 44.4 Å². The van der Waals surface area contributed by atoms with Crippen LogP contribution < -0.4 is 5.73 Å². The molecule has 1 amide bonds. The highest BCUT2D eigenvalue weighted by Gasteiger charge is 2.10. The fourth-order valence-corrected chi connectivity index (χ4v) is 1.66. The van der Waals surface area contributed by atoms with Gasteiger partial charge in [0.1, 0.15) is 0 Å². The zero-order valence-corrected chi connectivity index (χ0v) is 10.6. The molecule has 2 N–H and O–H groups in total. The van der Waals surface area contributed by atoms with Gasteiger partial charge in [0.2, 0.25) is 5.91 Å². The van der Waals surface area contributed by atoms with E-state index in [0.29, 0.717) is 6.42 Å². The summed E-state index contributed by atoms with van der Waals surface area (Å²) in [5, 5.41) is 0. The Balaban J connectivity index is 2.64. The molecule has 1 rings (SSSR count). The molecule has 0 aliphatic rings. The number of primary amides is 1. The quantitative estimate of drug-likeness (QED) is 0.656. The first-order chi connectivity index (χ1) is 6.09. The van der Waals surface area contributed by atoms with Gasteiger partial charge in [0.15, 0.2) is 0 Å². The van der Waals surface area contributed by atoms with Crippen LogP contribution in [0.3, 0.4) is 0 Å². The third-order valence-corrected chi connectivity index (χ3v) is 3.13. The van der Waals surface area contributed by atoms with Crippen LogP contribution >= 0.6 is 38.5 Å². The maximum atomic E-state index is 10.7. The van der Waals surface area contributed by atoms with Crippen LogP contribution in [0.4, 0.5) is 0 Å². The number of halogens is 2. The van der Waals surface area contributed by atoms with E-state index in [-0.39, 0.29) is 10.7 Å². The topological polar surface area (TPSA) is 43.1 Å². The van der Waals surface area contributed by atoms with Gasteiger partial charge in [-0.2, -0.15) is 0 Å². The van der Waals surface area contributed by atoms with E-state index in [1.54, 1.807) is 0 Å². The Bertz CT molecular complexity index is 299. The molecular weight excluding hydrogens is 345 g/mol. The fourth-order valence-electron chi connectivity index (χ4n) is 0.928. The summed E-state index contributed by atoms with van der Waals surface area (Å²) in [5.41, 5.74) is 6.24. The van der Waals surface area contributed by atoms with E-state index in [9.17, 15) is 4.79 Å². The number of hydrogen-bond donors (Lipinski definition) is 1. The molecule has 0 bridgehead atoms. The zero-order valence-electron chi connectivity index (χ0n) is 6.84. The molecule has 70 valence electrons. The minimum atomic E-state index is -0.321. The maximum absolute atomic E-state index is 10.7. The molecule has 1 atom stereocenters. The lowest BCUT2D eigenvalue weighted by atomic mass is 10.1. The van der Waals surface area contributed by atoms with Crippen molar-refractivity contribution in [2.75, 3.05) is 0 Å². The summed E-state index contributed by atoms with van der Waals surface area (Å²) < 4.78 is 1.19. The number of alkyl halides is 1. The predicted octanol–water partition coefficient (Wildman–Crippen LogP) is 2.08. The molecular formula is C9H9BrINO. The van der Waals surface area contributed by atoms with Gasteiger partial charge in [-0.3, -0.25) is 4.79 Å². The summed E-state index contributed by atoms with van der Waals surface area (Å²) in [5.74, 6) is -0.321. The summed E-state index contributed by atoms with van der Waals surface area (Å²) in [6, 6.07) is 8.02. The van der Waals surface area contributed by atoms with Crippen LogP contribution in [0.15, 0.2) is 24.3 Å². The highest BCUT2D eigenvalue weighted by Crippen LogP contribution is 2.12. The van der Waals surface area contributed by atoms with Crippen LogP contribution in [0.1, 0.15) is 5.56 Å². The zero-order chi connectivity index (χ0) is 9.84. The number of carbonyl (C=O) groups is 1. The number of benzene rings is 1. The van der Waals surface area contributed by atoms with Crippen molar-refractivity contribution in [3.8, 4) is 0 Å². The Morgan fingerprint density at radius 3 is 2.46 bits per heavy atom. The molecule has 0 fully saturated rings. The van der Waals surface area contributed by atoms with Gasteiger partial charge in [0.25, 0.3) is 0 Å². The number of hydrogen-bond acceptors (Lipinski definition) is 1. The highest BCUT2D eigenvalue weighted by atomic mass is 127. The number of rotatable bonds is 3. The van der Waals surface area contributed by atoms with E-state index >= 15 is 0 Å². The molecule has 1 aromatic rings. The van der Waals surface area contributed by atoms with Gasteiger partial charge in [-0.1, -0.05) is 28.1 Å². The molecule has 0 aliphatic carbocycles. The Labute approximate surface area is 99.2 Å². The standard InChI is InChI=1S/C9H9BrINO/c10-8(9(12)13)5-6-1-3-7(11)4-2-6/h1-4,8H,5H2,(H2,12,13). The average Bonchev–Trinajstić information content (AvgIpc) is 2.08. The maximum Gasteiger partial charge on any atom is 0.231 e. The van der Waals surface area contributed by atoms with Crippen LogP contribution in [0.5, 0.6) is 0 Å². The fraction of sp³-hybridized carbons (Fsp3) is 0.222. The van der Waals surface area contributed by atoms with Gasteiger partial charge in [0.05, 0.1) is 4.83 Å². The van der Waals surface area contributed by atoms with Crippen LogP contribution in [-0.2, 0) is 11.2 Å². The number of nitrogens with two attached hydrogens (primary N) is 1. The van der Waals surface area contributed by atoms with Crippen LogP contribution in [0.2, 0.25) is 0 Å². The summed E-state index contributed by atoms with van der Waals surface area (Å²) >= 11 is 5.46. The lowest BCUT2D eigenvalue weighted by Gasteiger charge is -2.04. The second-order valence-corrected chi connectivity index (χ2v) is 5.05. The van der Waals surface area contributed by atoms with E-state index in [4.69, 9.17) is 5.73 Å². The second kappa shape index (κ2) is 4.95. The molecule has 0 radical (unpaired) electrons. The van der Waals surface area contributed by atoms with Crippen LogP contribution in [0, 0.1) is 3.57 Å². The molecule has 0 saturated heterocycles. The molecule has 4 heteroatoms. The van der Waals surface area contributed by atoms with Gasteiger partial charge in [-0.15, -0.1) is 0 Å². The summed E-state index contributed by atoms with van der Waals surface area (Å²) in [6.45, 7) is 0. The minimum Gasteiger partial charge on any atom is -0.369 e. The minimum absolute atomic E-state index is 0.271. The summed E-state index contributed by atoms with van der Waals surface area (Å²) in [4.78, 5) is 10.5. The molecule has 2 nitrogen and oxygen atoms in total. The molecule has 0 heterocycles. The third-order valence-electron chi connectivity index (χ3n) is 1.64. The van der Waals surface area contributed by atoms with Crippen molar-refractivity contribution in [2.24, 2.45) is 5.73 Å². The lowest BCUT2D eigenvalue weighted by molar-refractivity contribution is -0.117. The highest BCUT2D eigenvalue weighted by molar-refractivity contribution is 14.1. The van der Waals surface area contributed by atoms with E-state index in [2.05, 4.69) is 38.5 Å². The molecule has 13 heavy (non-hydrogen) atoms. The first-order valence-corrected chi connectivity index (χ1v) is 5.77. The van der Waals surface area contributed by atoms with Crippen LogP contribution in [-0.4, -0.2) is 10.7 Å². The van der Waals surface area contributed by atoms with Gasteiger partial charge in [-0.05, 0) is 46.7 Å². The third kappa shape index (κ3) is 3.64. The Morgan fingerprint density at radius 2 is 2.00 bits per heavy atom. The van der Waals surface area contributed by atoms with E-state index in [0.717, 1.165) is 5.56 Å². The summed E-state index contributed by atoms with van der Waals surface area (Å²) in [7, 11) is 0. The van der Waals surface area contributed by atoms with Crippen molar-refractivity contribution in [1.29, 1.82) is 0 Å². The van der Waals surface area contributed by atoms with Gasteiger partial charge in [-0.25, -0.2) is 0 Å². The molecule has 1 unspecified atom stereocenters. The van der Waals surface area contributed by atoms with Gasteiger partial charge < -0.3 is 5.73 Å².